The lowest BCUT2D eigenvalue weighted by Gasteiger charge is -2.14. The van der Waals surface area contributed by atoms with Crippen LogP contribution < -0.4 is 9.47 Å². The van der Waals surface area contributed by atoms with Crippen LogP contribution in [0.15, 0.2) is 48.1 Å². The molecule has 0 amide bonds. The lowest BCUT2D eigenvalue weighted by Crippen LogP contribution is -2.18. The van der Waals surface area contributed by atoms with E-state index in [1.54, 1.807) is 27.0 Å². The maximum Gasteiger partial charge on any atom is 0.161 e. The van der Waals surface area contributed by atoms with E-state index < -0.39 is 5.60 Å². The molecule has 5 nitrogen and oxygen atoms in total. The summed E-state index contributed by atoms with van der Waals surface area (Å²) < 4.78 is 11.1. The van der Waals surface area contributed by atoms with E-state index in [0.717, 1.165) is 17.6 Å². The zero-order valence-corrected chi connectivity index (χ0v) is 15.4. The number of aliphatic hydroxyl groups is 1. The first-order chi connectivity index (χ1) is 11.9. The first-order valence-corrected chi connectivity index (χ1v) is 8.16. The van der Waals surface area contributed by atoms with E-state index >= 15 is 0 Å². The quantitative estimate of drug-likeness (QED) is 0.376. The Balaban J connectivity index is 2.61. The minimum absolute atomic E-state index is 0.000691. The minimum atomic E-state index is -0.684. The monoisotopic (exact) mass is 348 g/mol. The van der Waals surface area contributed by atoms with Gasteiger partial charge in [-0.2, -0.15) is 0 Å². The molecular formula is C20H28O5. The average Bonchev–Trinajstić information content (AvgIpc) is 2.60. The topological polar surface area (TPSA) is 68.2 Å². The van der Waals surface area contributed by atoms with Crippen molar-refractivity contribution in [3.8, 4) is 11.5 Å². The highest BCUT2D eigenvalue weighted by Gasteiger charge is 2.12. The van der Waals surface area contributed by atoms with E-state index in [9.17, 15) is 0 Å². The van der Waals surface area contributed by atoms with Crippen LogP contribution in [0.1, 0.15) is 32.8 Å². The summed E-state index contributed by atoms with van der Waals surface area (Å²) in [5.74, 6) is 1.31. The summed E-state index contributed by atoms with van der Waals surface area (Å²) in [6, 6.07) is 5.61. The molecule has 0 aromatic heterocycles. The molecule has 2 N–H and O–H groups in total. The Morgan fingerprint density at radius 3 is 2.60 bits per heavy atom. The van der Waals surface area contributed by atoms with E-state index in [1.165, 1.54) is 0 Å². The number of ether oxygens (including phenoxy) is 2. The molecule has 0 atom stereocenters. The van der Waals surface area contributed by atoms with Crippen molar-refractivity contribution in [1.82, 2.24) is 0 Å². The van der Waals surface area contributed by atoms with Crippen molar-refractivity contribution in [2.75, 3.05) is 20.3 Å². The van der Waals surface area contributed by atoms with Gasteiger partial charge in [-0.25, -0.2) is 4.89 Å². The SMILES string of the molecule is COc1cc(/C=C/CO)ccc1OC/C=C(\C)C/C=C/C(C)(C)OO. The van der Waals surface area contributed by atoms with Gasteiger partial charge in [0.25, 0.3) is 0 Å². The van der Waals surface area contributed by atoms with Crippen molar-refractivity contribution in [1.29, 1.82) is 0 Å². The van der Waals surface area contributed by atoms with Gasteiger partial charge in [-0.1, -0.05) is 35.9 Å². The Kier molecular flexibility index (Phi) is 8.99. The van der Waals surface area contributed by atoms with Crippen LogP contribution in [0, 0.1) is 0 Å². The molecule has 25 heavy (non-hydrogen) atoms. The molecule has 0 unspecified atom stereocenters. The highest BCUT2D eigenvalue weighted by molar-refractivity contribution is 5.55. The zero-order valence-electron chi connectivity index (χ0n) is 15.4. The van der Waals surface area contributed by atoms with Crippen LogP contribution in [0.2, 0.25) is 0 Å². The molecule has 0 spiro atoms. The third-order valence-corrected chi connectivity index (χ3v) is 3.47. The molecule has 1 aromatic rings. The van der Waals surface area contributed by atoms with E-state index in [1.807, 2.05) is 49.4 Å². The molecule has 0 heterocycles. The molecule has 0 aliphatic carbocycles. The van der Waals surface area contributed by atoms with Gasteiger partial charge in [-0.05, 0) is 51.0 Å². The number of allylic oxidation sites excluding steroid dienone is 2. The first kappa shape index (κ1) is 21.0. The molecule has 1 aromatic carbocycles. The highest BCUT2D eigenvalue weighted by atomic mass is 17.1. The van der Waals surface area contributed by atoms with Crippen LogP contribution in [0.25, 0.3) is 6.08 Å². The Bertz CT molecular complexity index is 615. The molecule has 1 rings (SSSR count). The van der Waals surface area contributed by atoms with E-state index in [4.69, 9.17) is 19.8 Å². The van der Waals surface area contributed by atoms with Crippen molar-refractivity contribution in [2.24, 2.45) is 0 Å². The Morgan fingerprint density at radius 2 is 1.96 bits per heavy atom. The van der Waals surface area contributed by atoms with Gasteiger partial charge in [0, 0.05) is 0 Å². The molecule has 0 saturated heterocycles. The Morgan fingerprint density at radius 1 is 1.20 bits per heavy atom. The van der Waals surface area contributed by atoms with Crippen LogP contribution in [0.4, 0.5) is 0 Å². The number of methoxy groups -OCH3 is 1. The zero-order chi connectivity index (χ0) is 18.7. The van der Waals surface area contributed by atoms with Crippen LogP contribution >= 0.6 is 0 Å². The molecule has 0 bridgehead atoms. The summed E-state index contributed by atoms with van der Waals surface area (Å²) in [5, 5.41) is 17.6. The van der Waals surface area contributed by atoms with E-state index in [2.05, 4.69) is 4.89 Å². The largest absolute Gasteiger partial charge is 0.493 e. The standard InChI is InChI=1S/C20H28O5/c1-16(7-5-12-20(2,3)25-22)11-14-24-18-10-9-17(8-6-13-21)15-19(18)23-4/h5-6,8-12,15,21-22H,7,13-14H2,1-4H3/b8-6+,12-5+,16-11+. The summed E-state index contributed by atoms with van der Waals surface area (Å²) >= 11 is 0. The van der Waals surface area contributed by atoms with Crippen LogP contribution in [-0.4, -0.2) is 36.3 Å². The van der Waals surface area contributed by atoms with Crippen molar-refractivity contribution >= 4 is 6.08 Å². The molecular weight excluding hydrogens is 320 g/mol. The third-order valence-electron chi connectivity index (χ3n) is 3.47. The molecule has 0 aliphatic heterocycles. The van der Waals surface area contributed by atoms with Gasteiger partial charge in [-0.3, -0.25) is 5.26 Å². The highest BCUT2D eigenvalue weighted by Crippen LogP contribution is 2.28. The maximum atomic E-state index is 8.82. The maximum absolute atomic E-state index is 8.82. The number of hydrogen-bond acceptors (Lipinski definition) is 5. The van der Waals surface area contributed by atoms with E-state index in [-0.39, 0.29) is 6.61 Å². The average molecular weight is 348 g/mol. The van der Waals surface area contributed by atoms with Gasteiger partial charge in [0.2, 0.25) is 0 Å². The van der Waals surface area contributed by atoms with E-state index in [0.29, 0.717) is 18.1 Å². The lowest BCUT2D eigenvalue weighted by atomic mass is 10.1. The third kappa shape index (κ3) is 8.03. The second-order valence-electron chi connectivity index (χ2n) is 6.16. The van der Waals surface area contributed by atoms with Crippen LogP contribution in [-0.2, 0) is 4.89 Å². The van der Waals surface area contributed by atoms with Gasteiger partial charge >= 0.3 is 0 Å². The Hall–Kier alpha value is -2.08. The number of hydrogen-bond donors (Lipinski definition) is 2. The normalized spacial score (nSPS) is 13.0. The fraction of sp³-hybridized carbons (Fsp3) is 0.400. The summed E-state index contributed by atoms with van der Waals surface area (Å²) in [4.78, 5) is 4.35. The van der Waals surface area contributed by atoms with Crippen molar-refractivity contribution in [2.45, 2.75) is 32.8 Å². The van der Waals surface area contributed by atoms with Crippen molar-refractivity contribution in [3.63, 3.8) is 0 Å². The summed E-state index contributed by atoms with van der Waals surface area (Å²) in [7, 11) is 1.60. The molecule has 5 heteroatoms. The molecule has 138 valence electrons. The van der Waals surface area contributed by atoms with Crippen LogP contribution in [0.5, 0.6) is 11.5 Å². The van der Waals surface area contributed by atoms with Crippen LogP contribution in [0.3, 0.4) is 0 Å². The van der Waals surface area contributed by atoms with Gasteiger partial charge < -0.3 is 14.6 Å². The lowest BCUT2D eigenvalue weighted by molar-refractivity contribution is -0.297. The molecule has 0 fully saturated rings. The number of aliphatic hydroxyl groups excluding tert-OH is 1. The predicted molar refractivity (Wildman–Crippen MR) is 99.9 cm³/mol. The smallest absolute Gasteiger partial charge is 0.161 e. The van der Waals surface area contributed by atoms with Gasteiger partial charge in [0.05, 0.1) is 13.7 Å². The second kappa shape index (κ2) is 10.7. The molecule has 0 radical (unpaired) electrons. The van der Waals surface area contributed by atoms with Crippen molar-refractivity contribution in [3.05, 3.63) is 53.6 Å². The summed E-state index contributed by atoms with van der Waals surface area (Å²) in [6.45, 7) is 6.00. The van der Waals surface area contributed by atoms with Gasteiger partial charge in [-0.15, -0.1) is 0 Å². The summed E-state index contributed by atoms with van der Waals surface area (Å²) in [5.41, 5.74) is 1.39. The Labute approximate surface area is 149 Å². The molecule has 0 aliphatic rings. The van der Waals surface area contributed by atoms with Gasteiger partial charge in [0.1, 0.15) is 12.2 Å². The molecule has 0 saturated carbocycles. The van der Waals surface area contributed by atoms with Crippen molar-refractivity contribution < 1.29 is 24.7 Å². The minimum Gasteiger partial charge on any atom is -0.493 e. The fourth-order valence-electron chi connectivity index (χ4n) is 2.01. The van der Waals surface area contributed by atoms with Gasteiger partial charge in [0.15, 0.2) is 11.5 Å². The second-order valence-corrected chi connectivity index (χ2v) is 6.16. The fourth-order valence-corrected chi connectivity index (χ4v) is 2.01. The first-order valence-electron chi connectivity index (χ1n) is 8.16. The number of benzene rings is 1. The predicted octanol–water partition coefficient (Wildman–Crippen LogP) is 4.24. The summed E-state index contributed by atoms with van der Waals surface area (Å²) in [6.07, 6.45) is 9.99. The number of rotatable bonds is 10.